The van der Waals surface area contributed by atoms with Gasteiger partial charge in [0.2, 0.25) is 0 Å². The van der Waals surface area contributed by atoms with Crippen molar-refractivity contribution in [3.8, 4) is 0 Å². The lowest BCUT2D eigenvalue weighted by Gasteiger charge is -2.04. The smallest absolute Gasteiger partial charge is 0.118 e. The second-order valence-electron chi connectivity index (χ2n) is 2.81. The molecule has 0 aliphatic rings. The highest BCUT2D eigenvalue weighted by Crippen LogP contribution is 2.12. The number of allylic oxidation sites excluding steroid dienone is 1. The van der Waals surface area contributed by atoms with Gasteiger partial charge in [0.25, 0.3) is 0 Å². The Hall–Kier alpha value is -0.370. The van der Waals surface area contributed by atoms with Crippen LogP contribution in [-0.2, 0) is 0 Å². The van der Waals surface area contributed by atoms with Gasteiger partial charge in [-0.05, 0) is 31.8 Å². The summed E-state index contributed by atoms with van der Waals surface area (Å²) in [6.45, 7) is 5.36. The highest BCUT2D eigenvalue weighted by Gasteiger charge is 2.02. The van der Waals surface area contributed by atoms with Crippen LogP contribution < -0.4 is 0 Å². The van der Waals surface area contributed by atoms with E-state index in [9.17, 15) is 4.39 Å². The molecular formula is C9H17FO. The summed E-state index contributed by atoms with van der Waals surface area (Å²) in [6.07, 6.45) is 2.57. The van der Waals surface area contributed by atoms with E-state index < -0.39 is 6.17 Å². The predicted molar refractivity (Wildman–Crippen MR) is 45.3 cm³/mol. The maximum Gasteiger partial charge on any atom is 0.118 e. The van der Waals surface area contributed by atoms with Crippen molar-refractivity contribution in [2.24, 2.45) is 0 Å². The highest BCUT2D eigenvalue weighted by molar-refractivity contribution is 4.99. The van der Waals surface area contributed by atoms with Crippen LogP contribution in [0.1, 0.15) is 32.6 Å². The molecule has 0 saturated heterocycles. The molecule has 0 aromatic carbocycles. The Morgan fingerprint density at radius 1 is 1.45 bits per heavy atom. The zero-order chi connectivity index (χ0) is 8.69. The first kappa shape index (κ1) is 10.6. The van der Waals surface area contributed by atoms with Crippen LogP contribution in [0.25, 0.3) is 0 Å². The van der Waals surface area contributed by atoms with E-state index in [1.807, 2.05) is 0 Å². The van der Waals surface area contributed by atoms with Crippen LogP contribution in [0.2, 0.25) is 0 Å². The Morgan fingerprint density at radius 3 is 2.55 bits per heavy atom. The van der Waals surface area contributed by atoms with E-state index in [4.69, 9.17) is 5.11 Å². The molecule has 1 nitrogen and oxygen atoms in total. The molecule has 0 aliphatic carbocycles. The van der Waals surface area contributed by atoms with Crippen molar-refractivity contribution in [3.63, 3.8) is 0 Å². The normalized spacial score (nSPS) is 13.0. The fourth-order valence-corrected chi connectivity index (χ4v) is 0.840. The molecule has 0 bridgehead atoms. The highest BCUT2D eigenvalue weighted by atomic mass is 19.1. The summed E-state index contributed by atoms with van der Waals surface area (Å²) in [5, 5.41) is 8.44. The van der Waals surface area contributed by atoms with Gasteiger partial charge < -0.3 is 5.11 Å². The van der Waals surface area contributed by atoms with E-state index in [2.05, 4.69) is 6.58 Å². The van der Waals surface area contributed by atoms with E-state index in [1.54, 1.807) is 0 Å². The third-order valence-corrected chi connectivity index (χ3v) is 1.72. The van der Waals surface area contributed by atoms with Gasteiger partial charge in [0.1, 0.15) is 6.17 Å². The van der Waals surface area contributed by atoms with Crippen LogP contribution in [-0.4, -0.2) is 17.9 Å². The first-order chi connectivity index (χ1) is 5.18. The molecule has 0 aromatic rings. The number of hydrogen-bond acceptors (Lipinski definition) is 1. The molecule has 0 aliphatic heterocycles. The fourth-order valence-electron chi connectivity index (χ4n) is 0.840. The summed E-state index contributed by atoms with van der Waals surface area (Å²) in [5.41, 5.74) is 0.669. The van der Waals surface area contributed by atoms with Gasteiger partial charge in [0, 0.05) is 6.61 Å². The Morgan fingerprint density at radius 2 is 2.09 bits per heavy atom. The van der Waals surface area contributed by atoms with Gasteiger partial charge in [-0.25, -0.2) is 4.39 Å². The van der Waals surface area contributed by atoms with Crippen molar-refractivity contribution in [2.75, 3.05) is 6.61 Å². The second-order valence-corrected chi connectivity index (χ2v) is 2.81. The summed E-state index contributed by atoms with van der Waals surface area (Å²) in [6, 6.07) is 0. The van der Waals surface area contributed by atoms with Gasteiger partial charge in [-0.3, -0.25) is 0 Å². The molecule has 1 N–H and O–H groups in total. The quantitative estimate of drug-likeness (QED) is 0.467. The van der Waals surface area contributed by atoms with Gasteiger partial charge in [0.15, 0.2) is 0 Å². The number of unbranched alkanes of at least 4 members (excludes halogenated alkanes) is 2. The summed E-state index contributed by atoms with van der Waals surface area (Å²) in [5.74, 6) is 0. The predicted octanol–water partition coefficient (Wildman–Crippen LogP) is 2.45. The molecule has 0 fully saturated rings. The van der Waals surface area contributed by atoms with Crippen molar-refractivity contribution < 1.29 is 9.50 Å². The van der Waals surface area contributed by atoms with Crippen LogP contribution >= 0.6 is 0 Å². The lowest BCUT2D eigenvalue weighted by molar-refractivity contribution is 0.282. The van der Waals surface area contributed by atoms with Crippen LogP contribution in [0, 0.1) is 0 Å². The zero-order valence-corrected chi connectivity index (χ0v) is 7.15. The Labute approximate surface area is 67.9 Å². The molecule has 11 heavy (non-hydrogen) atoms. The average Bonchev–Trinajstić information content (AvgIpc) is 1.97. The summed E-state index contributed by atoms with van der Waals surface area (Å²) < 4.78 is 12.5. The van der Waals surface area contributed by atoms with E-state index >= 15 is 0 Å². The van der Waals surface area contributed by atoms with E-state index in [0.717, 1.165) is 25.7 Å². The van der Waals surface area contributed by atoms with Crippen LogP contribution in [0.15, 0.2) is 12.2 Å². The molecule has 0 rings (SSSR count). The summed E-state index contributed by atoms with van der Waals surface area (Å²) in [4.78, 5) is 0. The maximum absolute atomic E-state index is 12.5. The molecule has 1 atom stereocenters. The molecule has 0 aromatic heterocycles. The second kappa shape index (κ2) is 6.35. The molecule has 1 unspecified atom stereocenters. The third kappa shape index (κ3) is 6.05. The standard InChI is InChI=1S/C9H17FO/c1-8(9(2)10)6-4-3-5-7-11/h9,11H,1,3-7H2,2H3. The van der Waals surface area contributed by atoms with Gasteiger partial charge in [-0.15, -0.1) is 0 Å². The number of halogens is 1. The van der Waals surface area contributed by atoms with Crippen LogP contribution in [0.5, 0.6) is 0 Å². The average molecular weight is 160 g/mol. The van der Waals surface area contributed by atoms with Gasteiger partial charge >= 0.3 is 0 Å². The Balaban J connectivity index is 3.18. The lowest BCUT2D eigenvalue weighted by Crippen LogP contribution is -1.96. The van der Waals surface area contributed by atoms with Crippen molar-refractivity contribution in [3.05, 3.63) is 12.2 Å². The van der Waals surface area contributed by atoms with Crippen molar-refractivity contribution in [1.82, 2.24) is 0 Å². The molecule has 0 heterocycles. The van der Waals surface area contributed by atoms with E-state index in [0.29, 0.717) is 5.57 Å². The number of alkyl halides is 1. The zero-order valence-electron chi connectivity index (χ0n) is 7.15. The topological polar surface area (TPSA) is 20.2 Å². The van der Waals surface area contributed by atoms with E-state index in [-0.39, 0.29) is 6.61 Å². The number of aliphatic hydroxyl groups excluding tert-OH is 1. The summed E-state index contributed by atoms with van der Waals surface area (Å²) in [7, 11) is 0. The first-order valence-corrected chi connectivity index (χ1v) is 4.11. The largest absolute Gasteiger partial charge is 0.396 e. The molecule has 66 valence electrons. The summed E-state index contributed by atoms with van der Waals surface area (Å²) >= 11 is 0. The molecule has 0 spiro atoms. The van der Waals surface area contributed by atoms with Crippen molar-refractivity contribution in [1.29, 1.82) is 0 Å². The first-order valence-electron chi connectivity index (χ1n) is 4.11. The Kier molecular flexibility index (Phi) is 6.13. The maximum atomic E-state index is 12.5. The lowest BCUT2D eigenvalue weighted by atomic mass is 10.1. The minimum absolute atomic E-state index is 0.234. The number of rotatable bonds is 6. The Bertz CT molecular complexity index is 110. The molecule has 0 saturated carbocycles. The molecular weight excluding hydrogens is 143 g/mol. The number of aliphatic hydroxyl groups is 1. The third-order valence-electron chi connectivity index (χ3n) is 1.72. The minimum atomic E-state index is -0.885. The van der Waals surface area contributed by atoms with Gasteiger partial charge in [0.05, 0.1) is 0 Å². The fraction of sp³-hybridized carbons (Fsp3) is 0.778. The van der Waals surface area contributed by atoms with Crippen molar-refractivity contribution in [2.45, 2.75) is 38.8 Å². The SMILES string of the molecule is C=C(CCCCCO)C(C)F. The monoisotopic (exact) mass is 160 g/mol. The number of hydrogen-bond donors (Lipinski definition) is 1. The van der Waals surface area contributed by atoms with Crippen molar-refractivity contribution >= 4 is 0 Å². The molecule has 0 radical (unpaired) electrons. The van der Waals surface area contributed by atoms with Gasteiger partial charge in [-0.1, -0.05) is 13.0 Å². The molecule has 2 heteroatoms. The van der Waals surface area contributed by atoms with Crippen LogP contribution in [0.3, 0.4) is 0 Å². The van der Waals surface area contributed by atoms with Crippen LogP contribution in [0.4, 0.5) is 4.39 Å². The van der Waals surface area contributed by atoms with Gasteiger partial charge in [-0.2, -0.15) is 0 Å². The minimum Gasteiger partial charge on any atom is -0.396 e. The van der Waals surface area contributed by atoms with E-state index in [1.165, 1.54) is 6.92 Å². The molecule has 0 amide bonds.